The van der Waals surface area contributed by atoms with Crippen LogP contribution in [-0.4, -0.2) is 29.4 Å². The Morgan fingerprint density at radius 1 is 1.11 bits per heavy atom. The van der Waals surface area contributed by atoms with E-state index >= 15 is 0 Å². The Morgan fingerprint density at radius 3 is 2.54 bits per heavy atom. The molecule has 2 aromatic rings. The molecule has 2 aromatic carbocycles. The van der Waals surface area contributed by atoms with Crippen molar-refractivity contribution in [2.45, 2.75) is 26.2 Å². The van der Waals surface area contributed by atoms with Crippen molar-refractivity contribution in [1.82, 2.24) is 5.32 Å². The molecule has 1 aliphatic carbocycles. The molecule has 146 valence electrons. The second-order valence-electron chi connectivity index (χ2n) is 7.28. The van der Waals surface area contributed by atoms with E-state index in [-0.39, 0.29) is 24.3 Å². The van der Waals surface area contributed by atoms with Gasteiger partial charge >= 0.3 is 5.97 Å². The minimum Gasteiger partial charge on any atom is -0.481 e. The zero-order chi connectivity index (χ0) is 20.1. The van der Waals surface area contributed by atoms with Crippen LogP contribution in [0.2, 0.25) is 0 Å². The summed E-state index contributed by atoms with van der Waals surface area (Å²) in [5.74, 6) is -1.98. The summed E-state index contributed by atoms with van der Waals surface area (Å²) in [6, 6.07) is 14.3. The maximum absolute atomic E-state index is 12.4. The van der Waals surface area contributed by atoms with Gasteiger partial charge in [0.2, 0.25) is 5.91 Å². The molecule has 2 amide bonds. The van der Waals surface area contributed by atoms with Crippen LogP contribution in [0.5, 0.6) is 0 Å². The van der Waals surface area contributed by atoms with Gasteiger partial charge in [0.05, 0.1) is 5.92 Å². The van der Waals surface area contributed by atoms with Crippen molar-refractivity contribution in [3.63, 3.8) is 0 Å². The molecular weight excluding hydrogens is 356 g/mol. The van der Waals surface area contributed by atoms with E-state index in [0.29, 0.717) is 17.7 Å². The lowest BCUT2D eigenvalue weighted by Crippen LogP contribution is -2.34. The smallest absolute Gasteiger partial charge is 0.308 e. The van der Waals surface area contributed by atoms with Crippen LogP contribution in [-0.2, 0) is 16.0 Å². The Morgan fingerprint density at radius 2 is 1.86 bits per heavy atom. The molecule has 0 bridgehead atoms. The third kappa shape index (κ3) is 5.42. The average molecular weight is 380 g/mol. The summed E-state index contributed by atoms with van der Waals surface area (Å²) in [5, 5.41) is 15.0. The van der Waals surface area contributed by atoms with Gasteiger partial charge in [-0.15, -0.1) is 0 Å². The van der Waals surface area contributed by atoms with E-state index < -0.39 is 11.9 Å². The SMILES string of the molecule is Cc1cccc(CC(CNC(=O)c2cccc(NC(=O)C3CC3)c2)C(=O)O)c1. The molecular formula is C22H24N2O4. The zero-order valence-electron chi connectivity index (χ0n) is 15.8. The highest BCUT2D eigenvalue weighted by molar-refractivity contribution is 5.98. The van der Waals surface area contributed by atoms with Gasteiger partial charge < -0.3 is 15.7 Å². The molecule has 1 unspecified atom stereocenters. The topological polar surface area (TPSA) is 95.5 Å². The van der Waals surface area contributed by atoms with E-state index in [1.807, 2.05) is 31.2 Å². The number of carboxylic acid groups (broad SMARTS) is 1. The Hall–Kier alpha value is -3.15. The predicted molar refractivity (Wildman–Crippen MR) is 106 cm³/mol. The van der Waals surface area contributed by atoms with Crippen LogP contribution in [0.4, 0.5) is 5.69 Å². The summed E-state index contributed by atoms with van der Waals surface area (Å²) in [5.41, 5.74) is 2.94. The minimum absolute atomic E-state index is 0.0262. The molecule has 6 nitrogen and oxygen atoms in total. The second kappa shape index (κ2) is 8.69. The molecule has 0 saturated heterocycles. The quantitative estimate of drug-likeness (QED) is 0.656. The third-order valence-electron chi connectivity index (χ3n) is 4.76. The number of hydrogen-bond donors (Lipinski definition) is 3. The Labute approximate surface area is 164 Å². The number of hydrogen-bond acceptors (Lipinski definition) is 3. The van der Waals surface area contributed by atoms with E-state index in [0.717, 1.165) is 24.0 Å². The molecule has 1 fully saturated rings. The highest BCUT2D eigenvalue weighted by Gasteiger charge is 2.29. The van der Waals surface area contributed by atoms with Gasteiger partial charge in [-0.25, -0.2) is 0 Å². The van der Waals surface area contributed by atoms with Gasteiger partial charge in [0, 0.05) is 23.7 Å². The largest absolute Gasteiger partial charge is 0.481 e. The van der Waals surface area contributed by atoms with Gasteiger partial charge in [-0.2, -0.15) is 0 Å². The van der Waals surface area contributed by atoms with Crippen molar-refractivity contribution in [2.75, 3.05) is 11.9 Å². The molecule has 28 heavy (non-hydrogen) atoms. The standard InChI is InChI=1S/C22H24N2O4/c1-14-4-2-5-15(10-14)11-18(22(27)28)13-23-20(25)17-6-3-7-19(12-17)24-21(26)16-8-9-16/h2-7,10,12,16,18H,8-9,11,13H2,1H3,(H,23,25)(H,24,26)(H,27,28). The van der Waals surface area contributed by atoms with Crippen LogP contribution in [0.3, 0.4) is 0 Å². The summed E-state index contributed by atoms with van der Waals surface area (Å²) < 4.78 is 0. The van der Waals surface area contributed by atoms with E-state index in [2.05, 4.69) is 10.6 Å². The molecule has 0 heterocycles. The number of carboxylic acids is 1. The molecule has 0 aromatic heterocycles. The number of nitrogens with one attached hydrogen (secondary N) is 2. The number of carbonyl (C=O) groups is 3. The van der Waals surface area contributed by atoms with E-state index in [1.54, 1.807) is 24.3 Å². The monoisotopic (exact) mass is 380 g/mol. The van der Waals surface area contributed by atoms with Crippen molar-refractivity contribution >= 4 is 23.5 Å². The Bertz CT molecular complexity index is 890. The van der Waals surface area contributed by atoms with Crippen LogP contribution < -0.4 is 10.6 Å². The normalized spacial score (nSPS) is 14.2. The first-order valence-corrected chi connectivity index (χ1v) is 9.40. The molecule has 1 saturated carbocycles. The first-order valence-electron chi connectivity index (χ1n) is 9.40. The van der Waals surface area contributed by atoms with Crippen LogP contribution >= 0.6 is 0 Å². The molecule has 6 heteroatoms. The first kappa shape index (κ1) is 19.6. The van der Waals surface area contributed by atoms with E-state index in [9.17, 15) is 19.5 Å². The van der Waals surface area contributed by atoms with Crippen LogP contribution in [0.1, 0.15) is 34.3 Å². The number of benzene rings is 2. The van der Waals surface area contributed by atoms with Crippen molar-refractivity contribution in [1.29, 1.82) is 0 Å². The third-order valence-corrected chi connectivity index (χ3v) is 4.76. The molecule has 0 aliphatic heterocycles. The van der Waals surface area contributed by atoms with Crippen LogP contribution in [0, 0.1) is 18.8 Å². The lowest BCUT2D eigenvalue weighted by molar-refractivity contribution is -0.141. The minimum atomic E-state index is -0.952. The maximum atomic E-state index is 12.4. The lowest BCUT2D eigenvalue weighted by atomic mass is 9.98. The summed E-state index contributed by atoms with van der Waals surface area (Å²) in [6.45, 7) is 1.98. The van der Waals surface area contributed by atoms with Gasteiger partial charge in [-0.1, -0.05) is 35.9 Å². The fraction of sp³-hybridized carbons (Fsp3) is 0.318. The first-order chi connectivity index (χ1) is 13.4. The van der Waals surface area contributed by atoms with Crippen LogP contribution in [0.25, 0.3) is 0 Å². The molecule has 0 spiro atoms. The second-order valence-corrected chi connectivity index (χ2v) is 7.28. The number of rotatable bonds is 8. The average Bonchev–Trinajstić information content (AvgIpc) is 3.50. The van der Waals surface area contributed by atoms with Gasteiger partial charge in [0.1, 0.15) is 0 Å². The van der Waals surface area contributed by atoms with Gasteiger partial charge in [-0.3, -0.25) is 14.4 Å². The highest BCUT2D eigenvalue weighted by Crippen LogP contribution is 2.30. The molecule has 1 atom stereocenters. The summed E-state index contributed by atoms with van der Waals surface area (Å²) in [7, 11) is 0. The Balaban J connectivity index is 1.59. The van der Waals surface area contributed by atoms with Gasteiger partial charge in [0.25, 0.3) is 5.91 Å². The lowest BCUT2D eigenvalue weighted by Gasteiger charge is -2.14. The molecule has 0 radical (unpaired) electrons. The van der Waals surface area contributed by atoms with Crippen LogP contribution in [0.15, 0.2) is 48.5 Å². The summed E-state index contributed by atoms with van der Waals surface area (Å²) in [4.78, 5) is 35.9. The van der Waals surface area contributed by atoms with Crippen molar-refractivity contribution < 1.29 is 19.5 Å². The summed E-state index contributed by atoms with van der Waals surface area (Å²) >= 11 is 0. The fourth-order valence-electron chi connectivity index (χ4n) is 3.02. The number of aryl methyl sites for hydroxylation is 1. The number of carbonyl (C=O) groups excluding carboxylic acids is 2. The van der Waals surface area contributed by atoms with Gasteiger partial charge in [-0.05, 0) is 49.9 Å². The number of amides is 2. The number of aliphatic carboxylic acids is 1. The maximum Gasteiger partial charge on any atom is 0.308 e. The molecule has 3 rings (SSSR count). The van der Waals surface area contributed by atoms with Gasteiger partial charge in [0.15, 0.2) is 0 Å². The highest BCUT2D eigenvalue weighted by atomic mass is 16.4. The van der Waals surface area contributed by atoms with Crippen molar-refractivity contribution in [2.24, 2.45) is 11.8 Å². The fourth-order valence-corrected chi connectivity index (χ4v) is 3.02. The number of anilines is 1. The summed E-state index contributed by atoms with van der Waals surface area (Å²) in [6.07, 6.45) is 2.15. The zero-order valence-corrected chi connectivity index (χ0v) is 15.8. The Kier molecular flexibility index (Phi) is 6.09. The van der Waals surface area contributed by atoms with E-state index in [4.69, 9.17) is 0 Å². The molecule has 1 aliphatic rings. The predicted octanol–water partition coefficient (Wildman–Crippen LogP) is 3.02. The van der Waals surface area contributed by atoms with E-state index in [1.165, 1.54) is 0 Å². The van der Waals surface area contributed by atoms with Crippen molar-refractivity contribution in [3.8, 4) is 0 Å². The van der Waals surface area contributed by atoms with Crippen molar-refractivity contribution in [3.05, 3.63) is 65.2 Å². The molecule has 3 N–H and O–H groups in total.